The summed E-state index contributed by atoms with van der Waals surface area (Å²) in [6, 6.07) is 0.841. The minimum atomic E-state index is 0. The highest BCUT2D eigenvalue weighted by Crippen LogP contribution is 2.15. The van der Waals surface area contributed by atoms with Crippen LogP contribution in [0.15, 0.2) is 0 Å². The zero-order valence-electron chi connectivity index (χ0n) is 12.0. The SMILES string of the molecule is CC1NCCCC1C(=O)NCCN(C)C(C)C.Cl. The lowest BCUT2D eigenvalue weighted by atomic mass is 9.91. The molecule has 1 fully saturated rings. The molecule has 0 bridgehead atoms. The molecule has 0 spiro atoms. The Morgan fingerprint density at radius 1 is 1.50 bits per heavy atom. The zero-order chi connectivity index (χ0) is 12.8. The fourth-order valence-electron chi connectivity index (χ4n) is 2.15. The number of hydrogen-bond donors (Lipinski definition) is 2. The maximum Gasteiger partial charge on any atom is 0.224 e. The van der Waals surface area contributed by atoms with Crippen LogP contribution in [-0.2, 0) is 4.79 Å². The van der Waals surface area contributed by atoms with Crippen LogP contribution < -0.4 is 10.6 Å². The van der Waals surface area contributed by atoms with Crippen molar-refractivity contribution >= 4 is 18.3 Å². The van der Waals surface area contributed by atoms with Gasteiger partial charge in [-0.1, -0.05) is 0 Å². The summed E-state index contributed by atoms with van der Waals surface area (Å²) in [5.41, 5.74) is 0. The number of carbonyl (C=O) groups excluding carboxylic acids is 1. The van der Waals surface area contributed by atoms with Crippen LogP contribution in [-0.4, -0.2) is 49.6 Å². The topological polar surface area (TPSA) is 44.4 Å². The molecule has 0 saturated carbocycles. The summed E-state index contributed by atoms with van der Waals surface area (Å²) in [6.45, 7) is 9.13. The van der Waals surface area contributed by atoms with Crippen molar-refractivity contribution in [2.45, 2.75) is 45.7 Å². The van der Waals surface area contributed by atoms with Crippen molar-refractivity contribution in [3.8, 4) is 0 Å². The van der Waals surface area contributed by atoms with Crippen molar-refractivity contribution in [3.05, 3.63) is 0 Å². The molecule has 0 aromatic carbocycles. The van der Waals surface area contributed by atoms with Crippen LogP contribution in [0.25, 0.3) is 0 Å². The summed E-state index contributed by atoms with van der Waals surface area (Å²) < 4.78 is 0. The zero-order valence-corrected chi connectivity index (χ0v) is 12.8. The molecule has 0 aromatic heterocycles. The number of carbonyl (C=O) groups is 1. The van der Waals surface area contributed by atoms with E-state index in [0.29, 0.717) is 12.1 Å². The van der Waals surface area contributed by atoms with Crippen molar-refractivity contribution in [3.63, 3.8) is 0 Å². The largest absolute Gasteiger partial charge is 0.355 e. The molecule has 4 nitrogen and oxygen atoms in total. The molecular formula is C13H28ClN3O. The average molecular weight is 278 g/mol. The van der Waals surface area contributed by atoms with Gasteiger partial charge in [-0.25, -0.2) is 0 Å². The highest BCUT2D eigenvalue weighted by Gasteiger charge is 2.26. The molecule has 1 amide bonds. The van der Waals surface area contributed by atoms with Gasteiger partial charge in [0, 0.05) is 25.2 Å². The maximum absolute atomic E-state index is 12.0. The Hall–Kier alpha value is -0.320. The third kappa shape index (κ3) is 5.55. The monoisotopic (exact) mass is 277 g/mol. The van der Waals surface area contributed by atoms with E-state index >= 15 is 0 Å². The molecule has 18 heavy (non-hydrogen) atoms. The summed E-state index contributed by atoms with van der Waals surface area (Å²) in [5, 5.41) is 6.41. The van der Waals surface area contributed by atoms with Crippen LogP contribution in [0, 0.1) is 5.92 Å². The predicted molar refractivity (Wildman–Crippen MR) is 78.2 cm³/mol. The first-order valence-corrected chi connectivity index (χ1v) is 6.73. The standard InChI is InChI=1S/C13H27N3O.ClH/c1-10(2)16(4)9-8-15-13(17)12-6-5-7-14-11(12)3;/h10-12,14H,5-9H2,1-4H3,(H,15,17);1H. The van der Waals surface area contributed by atoms with Crippen molar-refractivity contribution in [1.29, 1.82) is 0 Å². The first kappa shape index (κ1) is 17.7. The van der Waals surface area contributed by atoms with Gasteiger partial charge in [-0.05, 0) is 47.2 Å². The molecule has 1 rings (SSSR count). The normalized spacial score (nSPS) is 23.9. The lowest BCUT2D eigenvalue weighted by Crippen LogP contribution is -2.48. The van der Waals surface area contributed by atoms with Crippen LogP contribution in [0.1, 0.15) is 33.6 Å². The molecule has 0 radical (unpaired) electrons. The van der Waals surface area contributed by atoms with Gasteiger partial charge in [-0.15, -0.1) is 12.4 Å². The van der Waals surface area contributed by atoms with Gasteiger partial charge >= 0.3 is 0 Å². The molecule has 0 aromatic rings. The molecule has 108 valence electrons. The van der Waals surface area contributed by atoms with E-state index in [2.05, 4.69) is 43.4 Å². The van der Waals surface area contributed by atoms with Gasteiger partial charge in [0.1, 0.15) is 0 Å². The van der Waals surface area contributed by atoms with Gasteiger partial charge < -0.3 is 15.5 Å². The first-order valence-electron chi connectivity index (χ1n) is 6.73. The van der Waals surface area contributed by atoms with Gasteiger partial charge in [-0.2, -0.15) is 0 Å². The Morgan fingerprint density at radius 2 is 2.17 bits per heavy atom. The van der Waals surface area contributed by atoms with E-state index in [1.54, 1.807) is 0 Å². The molecule has 5 heteroatoms. The molecule has 2 atom stereocenters. The fourth-order valence-corrected chi connectivity index (χ4v) is 2.15. The molecular weight excluding hydrogens is 250 g/mol. The van der Waals surface area contributed by atoms with Gasteiger partial charge in [-0.3, -0.25) is 4.79 Å². The van der Waals surface area contributed by atoms with Crippen molar-refractivity contribution in [1.82, 2.24) is 15.5 Å². The predicted octanol–water partition coefficient (Wildman–Crippen LogP) is 1.25. The average Bonchev–Trinajstić information content (AvgIpc) is 2.29. The first-order chi connectivity index (χ1) is 8.02. The second kappa shape index (κ2) is 8.73. The van der Waals surface area contributed by atoms with Crippen LogP contribution in [0.4, 0.5) is 0 Å². The fraction of sp³-hybridized carbons (Fsp3) is 0.923. The van der Waals surface area contributed by atoms with E-state index in [4.69, 9.17) is 0 Å². The van der Waals surface area contributed by atoms with Crippen LogP contribution >= 0.6 is 12.4 Å². The third-order valence-electron chi connectivity index (χ3n) is 3.74. The molecule has 2 unspecified atom stereocenters. The van der Waals surface area contributed by atoms with Crippen LogP contribution in [0.2, 0.25) is 0 Å². The number of amides is 1. The van der Waals surface area contributed by atoms with Crippen LogP contribution in [0.5, 0.6) is 0 Å². The van der Waals surface area contributed by atoms with E-state index in [1.165, 1.54) is 0 Å². The Morgan fingerprint density at radius 3 is 2.72 bits per heavy atom. The number of halogens is 1. The van der Waals surface area contributed by atoms with Gasteiger partial charge in [0.05, 0.1) is 5.92 Å². The molecule has 1 aliphatic rings. The van der Waals surface area contributed by atoms with E-state index in [1.807, 2.05) is 0 Å². The van der Waals surface area contributed by atoms with Crippen molar-refractivity contribution < 1.29 is 4.79 Å². The Balaban J connectivity index is 0.00000289. The van der Waals surface area contributed by atoms with Crippen molar-refractivity contribution in [2.24, 2.45) is 5.92 Å². The highest BCUT2D eigenvalue weighted by atomic mass is 35.5. The minimum absolute atomic E-state index is 0. The molecule has 2 N–H and O–H groups in total. The number of likely N-dealkylation sites (N-methyl/N-ethyl adjacent to an activating group) is 1. The number of hydrogen-bond acceptors (Lipinski definition) is 3. The Labute approximate surface area is 117 Å². The van der Waals surface area contributed by atoms with Gasteiger partial charge in [0.15, 0.2) is 0 Å². The van der Waals surface area contributed by atoms with Crippen LogP contribution in [0.3, 0.4) is 0 Å². The molecule has 1 aliphatic heterocycles. The Bertz CT molecular complexity index is 248. The lowest BCUT2D eigenvalue weighted by molar-refractivity contribution is -0.126. The Kier molecular flexibility index (Phi) is 8.57. The summed E-state index contributed by atoms with van der Waals surface area (Å²) in [6.07, 6.45) is 2.12. The summed E-state index contributed by atoms with van der Waals surface area (Å²) in [7, 11) is 2.08. The third-order valence-corrected chi connectivity index (χ3v) is 3.74. The summed E-state index contributed by atoms with van der Waals surface area (Å²) >= 11 is 0. The number of nitrogens with zero attached hydrogens (tertiary/aromatic N) is 1. The molecule has 1 heterocycles. The highest BCUT2D eigenvalue weighted by molar-refractivity contribution is 5.85. The number of piperidine rings is 1. The quantitative estimate of drug-likeness (QED) is 0.795. The van der Waals surface area contributed by atoms with Crippen molar-refractivity contribution in [2.75, 3.05) is 26.7 Å². The second-order valence-corrected chi connectivity index (χ2v) is 5.36. The maximum atomic E-state index is 12.0. The van der Waals surface area contributed by atoms with E-state index in [0.717, 1.165) is 32.5 Å². The van der Waals surface area contributed by atoms with E-state index < -0.39 is 0 Å². The second-order valence-electron chi connectivity index (χ2n) is 5.36. The number of rotatable bonds is 5. The number of nitrogens with one attached hydrogen (secondary N) is 2. The van der Waals surface area contributed by atoms with E-state index in [-0.39, 0.29) is 24.2 Å². The molecule has 0 aliphatic carbocycles. The van der Waals surface area contributed by atoms with Gasteiger partial charge in [0.25, 0.3) is 0 Å². The minimum Gasteiger partial charge on any atom is -0.355 e. The van der Waals surface area contributed by atoms with E-state index in [9.17, 15) is 4.79 Å². The molecule has 1 saturated heterocycles. The van der Waals surface area contributed by atoms with Gasteiger partial charge in [0.2, 0.25) is 5.91 Å². The summed E-state index contributed by atoms with van der Waals surface area (Å²) in [5.74, 6) is 0.356. The lowest BCUT2D eigenvalue weighted by Gasteiger charge is -2.29. The smallest absolute Gasteiger partial charge is 0.224 e. The summed E-state index contributed by atoms with van der Waals surface area (Å²) in [4.78, 5) is 14.2.